The molecule has 19 heavy (non-hydrogen) atoms. The van der Waals surface area contributed by atoms with E-state index in [1.807, 2.05) is 0 Å². The molecular formula is C13H19N3O3. The number of hydrogen-bond acceptors (Lipinski definition) is 4. The predicted octanol–water partition coefficient (Wildman–Crippen LogP) is 1.88. The molecule has 4 rings (SSSR count). The van der Waals surface area contributed by atoms with Crippen molar-refractivity contribution in [2.45, 2.75) is 37.8 Å². The molecule has 6 heteroatoms. The second kappa shape index (κ2) is 4.69. The van der Waals surface area contributed by atoms with Crippen molar-refractivity contribution in [3.05, 3.63) is 10.4 Å². The van der Waals surface area contributed by atoms with E-state index in [1.165, 1.54) is 13.5 Å². The zero-order valence-corrected chi connectivity index (χ0v) is 11.0. The maximum atomic E-state index is 11.7. The minimum Gasteiger partial charge on any atom is -0.469 e. The molecule has 0 radical (unpaired) electrons. The third-order valence-electron chi connectivity index (χ3n) is 5.46. The molecule has 6 nitrogen and oxygen atoms in total. The Labute approximate surface area is 111 Å². The lowest BCUT2D eigenvalue weighted by Gasteiger charge is -2.36. The molecule has 0 aromatic heterocycles. The summed E-state index contributed by atoms with van der Waals surface area (Å²) >= 11 is 0. The smallest absolute Gasteiger partial charge is 0.317 e. The summed E-state index contributed by atoms with van der Waals surface area (Å²) in [4.78, 5) is 14.3. The largest absolute Gasteiger partial charge is 0.469 e. The lowest BCUT2D eigenvalue weighted by Crippen LogP contribution is -2.43. The fraction of sp³-hybridized carbons (Fsp3) is 0.923. The Morgan fingerprint density at radius 1 is 1.37 bits per heavy atom. The van der Waals surface area contributed by atoms with E-state index in [0.29, 0.717) is 17.8 Å². The molecule has 0 spiro atoms. The summed E-state index contributed by atoms with van der Waals surface area (Å²) in [7, 11) is 1.25. The van der Waals surface area contributed by atoms with Crippen molar-refractivity contribution in [3.8, 4) is 0 Å². The normalized spacial score (nSPS) is 41.7. The minimum absolute atomic E-state index is 0.0957. The van der Waals surface area contributed by atoms with Gasteiger partial charge in [-0.15, -0.1) is 0 Å². The van der Waals surface area contributed by atoms with Gasteiger partial charge in [0.1, 0.15) is 0 Å². The zero-order chi connectivity index (χ0) is 13.6. The lowest BCUT2D eigenvalue weighted by atomic mass is 9.72. The molecule has 7 atom stereocenters. The number of carbonyl (C=O) groups is 1. The van der Waals surface area contributed by atoms with Crippen LogP contribution in [0.1, 0.15) is 25.7 Å². The summed E-state index contributed by atoms with van der Waals surface area (Å²) in [5, 5.41) is 14.0. The number of aliphatic hydroxyl groups is 1. The van der Waals surface area contributed by atoms with Gasteiger partial charge < -0.3 is 9.84 Å². The van der Waals surface area contributed by atoms with Crippen molar-refractivity contribution in [1.29, 1.82) is 0 Å². The summed E-state index contributed by atoms with van der Waals surface area (Å²) in [5.41, 5.74) is 8.58. The lowest BCUT2D eigenvalue weighted by molar-refractivity contribution is -0.146. The standard InChI is InChI=1S/C13H19N3O3/c1-19-13(18)11(15-16-14)12(17)10-8-3-6-2-7(5-8)9(10)4-6/h6-12,17H,2-5H2,1H3/t6-,7-,8-,9-,10-,11-,12-/m0/s1. The number of esters is 1. The number of nitrogens with zero attached hydrogens (tertiary/aromatic N) is 3. The Bertz CT molecular complexity index is 431. The van der Waals surface area contributed by atoms with Gasteiger partial charge in [0, 0.05) is 4.91 Å². The van der Waals surface area contributed by atoms with Crippen LogP contribution in [0.4, 0.5) is 0 Å². The van der Waals surface area contributed by atoms with Crippen molar-refractivity contribution in [3.63, 3.8) is 0 Å². The average molecular weight is 265 g/mol. The van der Waals surface area contributed by atoms with Gasteiger partial charge in [-0.2, -0.15) is 0 Å². The van der Waals surface area contributed by atoms with Crippen LogP contribution in [0.5, 0.6) is 0 Å². The number of azide groups is 1. The zero-order valence-electron chi connectivity index (χ0n) is 11.0. The molecule has 0 aromatic rings. The fourth-order valence-electron chi connectivity index (χ4n) is 4.96. The molecule has 0 saturated heterocycles. The van der Waals surface area contributed by atoms with Crippen molar-refractivity contribution in [2.75, 3.05) is 7.11 Å². The number of hydrogen-bond donors (Lipinski definition) is 1. The summed E-state index contributed by atoms with van der Waals surface area (Å²) in [5.74, 6) is 1.96. The molecule has 104 valence electrons. The third-order valence-corrected chi connectivity index (χ3v) is 5.46. The molecule has 0 amide bonds. The number of methoxy groups -OCH3 is 1. The molecule has 0 unspecified atom stereocenters. The predicted molar refractivity (Wildman–Crippen MR) is 66.9 cm³/mol. The van der Waals surface area contributed by atoms with Crippen molar-refractivity contribution < 1.29 is 14.6 Å². The van der Waals surface area contributed by atoms with Gasteiger partial charge in [0.05, 0.1) is 13.2 Å². The van der Waals surface area contributed by atoms with E-state index in [0.717, 1.165) is 25.2 Å². The monoisotopic (exact) mass is 265 g/mol. The Hall–Kier alpha value is -1.26. The number of ether oxygens (including phenoxy) is 1. The first-order valence-corrected chi connectivity index (χ1v) is 6.95. The van der Waals surface area contributed by atoms with Crippen LogP contribution in [0.3, 0.4) is 0 Å². The summed E-state index contributed by atoms with van der Waals surface area (Å²) in [6.07, 6.45) is 3.84. The van der Waals surface area contributed by atoms with E-state index < -0.39 is 18.1 Å². The second-order valence-corrected chi connectivity index (χ2v) is 6.23. The van der Waals surface area contributed by atoms with Gasteiger partial charge in [-0.05, 0) is 60.8 Å². The van der Waals surface area contributed by atoms with E-state index in [9.17, 15) is 9.90 Å². The molecule has 4 aliphatic rings. The van der Waals surface area contributed by atoms with Crippen LogP contribution in [-0.2, 0) is 9.53 Å². The first-order valence-electron chi connectivity index (χ1n) is 6.95. The number of aliphatic hydroxyl groups excluding tert-OH is 1. The second-order valence-electron chi connectivity index (χ2n) is 6.23. The molecule has 0 aromatic carbocycles. The van der Waals surface area contributed by atoms with Crippen LogP contribution >= 0.6 is 0 Å². The SMILES string of the molecule is COC(=O)[C@@H](N=[N+]=[N-])[C@@H](O)[C@H]1[C@H]2C[C@@H]3C[C@@H](C2)[C@@H]1C3. The molecule has 0 heterocycles. The van der Waals surface area contributed by atoms with Crippen molar-refractivity contribution in [1.82, 2.24) is 0 Å². The van der Waals surface area contributed by atoms with Gasteiger partial charge in [-0.1, -0.05) is 5.11 Å². The summed E-state index contributed by atoms with van der Waals surface area (Å²) < 4.78 is 4.64. The molecule has 4 aliphatic carbocycles. The van der Waals surface area contributed by atoms with E-state index >= 15 is 0 Å². The van der Waals surface area contributed by atoms with E-state index in [-0.39, 0.29) is 5.92 Å². The van der Waals surface area contributed by atoms with Crippen LogP contribution in [0, 0.1) is 29.6 Å². The maximum absolute atomic E-state index is 11.7. The molecule has 0 aliphatic heterocycles. The van der Waals surface area contributed by atoms with Crippen LogP contribution < -0.4 is 0 Å². The Morgan fingerprint density at radius 3 is 2.74 bits per heavy atom. The van der Waals surface area contributed by atoms with Crippen LogP contribution in [0.2, 0.25) is 0 Å². The summed E-state index contributed by atoms with van der Waals surface area (Å²) in [6.45, 7) is 0. The first-order chi connectivity index (χ1) is 9.15. The van der Waals surface area contributed by atoms with Gasteiger partial charge in [0.25, 0.3) is 0 Å². The third kappa shape index (κ3) is 1.90. The molecule has 1 N–H and O–H groups in total. The van der Waals surface area contributed by atoms with E-state index in [4.69, 9.17) is 5.53 Å². The topological polar surface area (TPSA) is 95.3 Å². The summed E-state index contributed by atoms with van der Waals surface area (Å²) in [6, 6.07) is -1.10. The van der Waals surface area contributed by atoms with Gasteiger partial charge in [-0.25, -0.2) is 0 Å². The van der Waals surface area contributed by atoms with Crippen molar-refractivity contribution in [2.24, 2.45) is 34.7 Å². The minimum atomic E-state index is -1.10. The van der Waals surface area contributed by atoms with Crippen LogP contribution in [-0.4, -0.2) is 30.3 Å². The Morgan fingerprint density at radius 2 is 2.11 bits per heavy atom. The van der Waals surface area contributed by atoms with Gasteiger partial charge in [-0.3, -0.25) is 4.79 Å². The van der Waals surface area contributed by atoms with Gasteiger partial charge in [0.2, 0.25) is 0 Å². The quantitative estimate of drug-likeness (QED) is 0.364. The fourth-order valence-corrected chi connectivity index (χ4v) is 4.96. The highest BCUT2D eigenvalue weighted by Crippen LogP contribution is 2.62. The van der Waals surface area contributed by atoms with Gasteiger partial charge in [0.15, 0.2) is 6.04 Å². The van der Waals surface area contributed by atoms with E-state index in [2.05, 4.69) is 14.8 Å². The molecule has 4 bridgehead atoms. The molecule has 4 saturated carbocycles. The highest BCUT2D eigenvalue weighted by atomic mass is 16.5. The van der Waals surface area contributed by atoms with E-state index in [1.54, 1.807) is 0 Å². The first kappa shape index (κ1) is 12.8. The number of carbonyl (C=O) groups excluding carboxylic acids is 1. The highest BCUT2D eigenvalue weighted by molar-refractivity contribution is 5.76. The van der Waals surface area contributed by atoms with Gasteiger partial charge >= 0.3 is 5.97 Å². The number of rotatable bonds is 4. The highest BCUT2D eigenvalue weighted by Gasteiger charge is 2.57. The van der Waals surface area contributed by atoms with Crippen molar-refractivity contribution >= 4 is 5.97 Å². The van der Waals surface area contributed by atoms with Crippen LogP contribution in [0.25, 0.3) is 10.4 Å². The Kier molecular flexibility index (Phi) is 3.15. The molecule has 4 fully saturated rings. The average Bonchev–Trinajstić information content (AvgIpc) is 2.82. The molecular weight excluding hydrogens is 246 g/mol. The van der Waals surface area contributed by atoms with Crippen LogP contribution in [0.15, 0.2) is 5.11 Å². The maximum Gasteiger partial charge on any atom is 0.317 e. The Balaban J connectivity index is 1.81.